The second-order valence-electron chi connectivity index (χ2n) is 4.71. The molecule has 2 rings (SSSR count). The molecular weight excluding hydrogens is 230 g/mol. The summed E-state index contributed by atoms with van der Waals surface area (Å²) in [6.07, 6.45) is 3.41. The van der Waals surface area contributed by atoms with Gasteiger partial charge in [0.25, 0.3) is 0 Å². The Balaban J connectivity index is 1.95. The van der Waals surface area contributed by atoms with Gasteiger partial charge in [0.05, 0.1) is 6.10 Å². The van der Waals surface area contributed by atoms with Gasteiger partial charge in [0.1, 0.15) is 11.9 Å². The summed E-state index contributed by atoms with van der Waals surface area (Å²) in [5.41, 5.74) is 0.749. The Kier molecular flexibility index (Phi) is 4.20. The molecule has 1 saturated carbocycles. The second-order valence-corrected chi connectivity index (χ2v) is 4.71. The van der Waals surface area contributed by atoms with Gasteiger partial charge >= 0.3 is 0 Å². The molecule has 0 aliphatic heterocycles. The van der Waals surface area contributed by atoms with Crippen molar-refractivity contribution in [1.29, 1.82) is 0 Å². The fraction of sp³-hybridized carbons (Fsp3) is 0.500. The van der Waals surface area contributed by atoms with Crippen LogP contribution in [0.25, 0.3) is 0 Å². The fourth-order valence-electron chi connectivity index (χ4n) is 2.21. The molecule has 0 heterocycles. The van der Waals surface area contributed by atoms with E-state index >= 15 is 0 Å². The Morgan fingerprint density at radius 3 is 2.56 bits per heavy atom. The van der Waals surface area contributed by atoms with Gasteiger partial charge in [-0.15, -0.1) is 0 Å². The van der Waals surface area contributed by atoms with Crippen LogP contribution in [-0.2, 0) is 4.79 Å². The third kappa shape index (κ3) is 3.47. The van der Waals surface area contributed by atoms with E-state index in [0.29, 0.717) is 0 Å². The minimum absolute atomic E-state index is 0.0913. The molecule has 0 radical (unpaired) electrons. The molecule has 98 valence electrons. The summed E-state index contributed by atoms with van der Waals surface area (Å²) in [5.74, 6) is 0.640. The van der Waals surface area contributed by atoms with Crippen molar-refractivity contribution in [3.63, 3.8) is 0 Å². The molecule has 1 fully saturated rings. The molecular formula is C14H19NO3. The average molecular weight is 249 g/mol. The van der Waals surface area contributed by atoms with E-state index in [1.165, 1.54) is 6.92 Å². The van der Waals surface area contributed by atoms with E-state index in [-0.39, 0.29) is 18.1 Å². The van der Waals surface area contributed by atoms with Crippen molar-refractivity contribution in [3.8, 4) is 5.75 Å². The SMILES string of the molecule is CC(=O)Nc1ccc(O[C@@H]2CCCC[C@H]2O)cc1. The molecule has 4 nitrogen and oxygen atoms in total. The minimum atomic E-state index is -0.367. The van der Waals surface area contributed by atoms with Crippen LogP contribution in [0, 0.1) is 0 Å². The van der Waals surface area contributed by atoms with Gasteiger partial charge in [0.2, 0.25) is 5.91 Å². The molecule has 1 amide bonds. The number of ether oxygens (including phenoxy) is 1. The number of amides is 1. The summed E-state index contributed by atoms with van der Waals surface area (Å²) in [7, 11) is 0. The molecule has 0 unspecified atom stereocenters. The van der Waals surface area contributed by atoms with E-state index in [9.17, 15) is 9.90 Å². The number of benzene rings is 1. The van der Waals surface area contributed by atoms with Crippen LogP contribution in [0.4, 0.5) is 5.69 Å². The smallest absolute Gasteiger partial charge is 0.221 e. The summed E-state index contributed by atoms with van der Waals surface area (Å²) in [5, 5.41) is 12.5. The lowest BCUT2D eigenvalue weighted by molar-refractivity contribution is -0.114. The number of aliphatic hydroxyl groups is 1. The van der Waals surface area contributed by atoms with Crippen LogP contribution in [0.3, 0.4) is 0 Å². The van der Waals surface area contributed by atoms with Crippen LogP contribution in [-0.4, -0.2) is 23.2 Å². The fourth-order valence-corrected chi connectivity index (χ4v) is 2.21. The van der Waals surface area contributed by atoms with Crippen molar-refractivity contribution in [1.82, 2.24) is 0 Å². The molecule has 2 atom stereocenters. The van der Waals surface area contributed by atoms with Crippen LogP contribution in [0.1, 0.15) is 32.6 Å². The first-order chi connectivity index (χ1) is 8.65. The molecule has 0 aromatic heterocycles. The van der Waals surface area contributed by atoms with E-state index < -0.39 is 0 Å². The maximum absolute atomic E-state index is 10.9. The van der Waals surface area contributed by atoms with Crippen molar-refractivity contribution >= 4 is 11.6 Å². The number of hydrogen-bond acceptors (Lipinski definition) is 3. The molecule has 1 aromatic rings. The van der Waals surface area contributed by atoms with E-state index in [1.54, 1.807) is 12.1 Å². The number of rotatable bonds is 3. The Hall–Kier alpha value is -1.55. The summed E-state index contributed by atoms with van der Waals surface area (Å²) in [6.45, 7) is 1.47. The Morgan fingerprint density at radius 2 is 1.94 bits per heavy atom. The highest BCUT2D eigenvalue weighted by Crippen LogP contribution is 2.24. The number of carbonyl (C=O) groups is 1. The van der Waals surface area contributed by atoms with E-state index in [0.717, 1.165) is 37.1 Å². The molecule has 0 spiro atoms. The van der Waals surface area contributed by atoms with Crippen LogP contribution < -0.4 is 10.1 Å². The third-order valence-corrected chi connectivity index (χ3v) is 3.13. The van der Waals surface area contributed by atoms with Crippen molar-refractivity contribution in [2.24, 2.45) is 0 Å². The predicted molar refractivity (Wildman–Crippen MR) is 69.6 cm³/mol. The van der Waals surface area contributed by atoms with Gasteiger partial charge in [-0.25, -0.2) is 0 Å². The standard InChI is InChI=1S/C14H19NO3/c1-10(16)15-11-6-8-12(9-7-11)18-14-5-3-2-4-13(14)17/h6-9,13-14,17H,2-5H2,1H3,(H,15,16)/t13-,14-/m1/s1. The van der Waals surface area contributed by atoms with Crippen LogP contribution in [0.2, 0.25) is 0 Å². The number of nitrogens with one attached hydrogen (secondary N) is 1. The van der Waals surface area contributed by atoms with Crippen molar-refractivity contribution in [2.75, 3.05) is 5.32 Å². The summed E-state index contributed by atoms with van der Waals surface area (Å²) in [6, 6.07) is 7.22. The Morgan fingerprint density at radius 1 is 1.28 bits per heavy atom. The third-order valence-electron chi connectivity index (χ3n) is 3.13. The van der Waals surface area contributed by atoms with Gasteiger partial charge in [-0.1, -0.05) is 6.42 Å². The van der Waals surface area contributed by atoms with Gasteiger partial charge < -0.3 is 15.2 Å². The lowest BCUT2D eigenvalue weighted by atomic mass is 9.95. The normalized spacial score (nSPS) is 23.4. The van der Waals surface area contributed by atoms with E-state index in [1.807, 2.05) is 12.1 Å². The van der Waals surface area contributed by atoms with Crippen molar-refractivity contribution in [3.05, 3.63) is 24.3 Å². The van der Waals surface area contributed by atoms with Gasteiger partial charge in [-0.2, -0.15) is 0 Å². The number of hydrogen-bond donors (Lipinski definition) is 2. The molecule has 0 bridgehead atoms. The van der Waals surface area contributed by atoms with Crippen LogP contribution in [0.5, 0.6) is 5.75 Å². The summed E-state index contributed by atoms with van der Waals surface area (Å²) < 4.78 is 5.76. The second kappa shape index (κ2) is 5.87. The average Bonchev–Trinajstić information content (AvgIpc) is 2.34. The first kappa shape index (κ1) is 12.9. The molecule has 1 aromatic carbocycles. The van der Waals surface area contributed by atoms with E-state index in [2.05, 4.69) is 5.32 Å². The lowest BCUT2D eigenvalue weighted by Gasteiger charge is -2.28. The zero-order valence-electron chi connectivity index (χ0n) is 10.6. The zero-order chi connectivity index (χ0) is 13.0. The largest absolute Gasteiger partial charge is 0.488 e. The highest BCUT2D eigenvalue weighted by Gasteiger charge is 2.24. The van der Waals surface area contributed by atoms with Gasteiger partial charge in [0, 0.05) is 12.6 Å². The first-order valence-corrected chi connectivity index (χ1v) is 6.37. The van der Waals surface area contributed by atoms with Gasteiger partial charge in [0.15, 0.2) is 0 Å². The minimum Gasteiger partial charge on any atom is -0.488 e. The van der Waals surface area contributed by atoms with E-state index in [4.69, 9.17) is 4.74 Å². The molecule has 2 N–H and O–H groups in total. The van der Waals surface area contributed by atoms with Gasteiger partial charge in [-0.3, -0.25) is 4.79 Å². The number of anilines is 1. The lowest BCUT2D eigenvalue weighted by Crippen LogP contribution is -2.34. The monoisotopic (exact) mass is 249 g/mol. The zero-order valence-corrected chi connectivity index (χ0v) is 10.6. The topological polar surface area (TPSA) is 58.6 Å². The number of carbonyl (C=O) groups excluding carboxylic acids is 1. The highest BCUT2D eigenvalue weighted by atomic mass is 16.5. The van der Waals surface area contributed by atoms with Gasteiger partial charge in [-0.05, 0) is 43.5 Å². The maximum atomic E-state index is 10.9. The first-order valence-electron chi connectivity index (χ1n) is 6.37. The molecule has 18 heavy (non-hydrogen) atoms. The molecule has 4 heteroatoms. The highest BCUT2D eigenvalue weighted by molar-refractivity contribution is 5.88. The van der Waals surface area contributed by atoms with Crippen LogP contribution in [0.15, 0.2) is 24.3 Å². The Bertz CT molecular complexity index is 402. The van der Waals surface area contributed by atoms with Crippen molar-refractivity contribution < 1.29 is 14.6 Å². The molecule has 0 saturated heterocycles. The molecule has 1 aliphatic carbocycles. The summed E-state index contributed by atoms with van der Waals surface area (Å²) in [4.78, 5) is 10.9. The Labute approximate surface area is 107 Å². The predicted octanol–water partition coefficient (Wildman–Crippen LogP) is 2.33. The van der Waals surface area contributed by atoms with Crippen LogP contribution >= 0.6 is 0 Å². The van der Waals surface area contributed by atoms with Crippen molar-refractivity contribution in [2.45, 2.75) is 44.8 Å². The number of aliphatic hydroxyl groups excluding tert-OH is 1. The molecule has 1 aliphatic rings. The quantitative estimate of drug-likeness (QED) is 0.864. The summed E-state index contributed by atoms with van der Waals surface area (Å²) >= 11 is 0. The maximum Gasteiger partial charge on any atom is 0.221 e.